The van der Waals surface area contributed by atoms with Gasteiger partial charge in [0, 0.05) is 24.3 Å². The highest BCUT2D eigenvalue weighted by Crippen LogP contribution is 2.34. The zero-order chi connectivity index (χ0) is 20.3. The summed E-state index contributed by atoms with van der Waals surface area (Å²) in [5.74, 6) is -0.507. The first-order valence-electron chi connectivity index (χ1n) is 8.90. The van der Waals surface area contributed by atoms with Crippen LogP contribution < -0.4 is 15.5 Å². The van der Waals surface area contributed by atoms with Crippen molar-refractivity contribution in [3.63, 3.8) is 0 Å². The first-order chi connectivity index (χ1) is 13.3. The van der Waals surface area contributed by atoms with Gasteiger partial charge in [-0.2, -0.15) is 13.2 Å². The molecule has 1 aliphatic heterocycles. The van der Waals surface area contributed by atoms with Crippen molar-refractivity contribution >= 4 is 28.9 Å². The Bertz CT molecular complexity index is 866. The van der Waals surface area contributed by atoms with Gasteiger partial charge in [0.2, 0.25) is 11.8 Å². The monoisotopic (exact) mass is 391 g/mol. The molecule has 1 heterocycles. The Morgan fingerprint density at radius 2 is 1.79 bits per heavy atom. The van der Waals surface area contributed by atoms with Crippen molar-refractivity contribution in [2.24, 2.45) is 0 Å². The van der Waals surface area contributed by atoms with Gasteiger partial charge in [-0.1, -0.05) is 12.1 Å². The van der Waals surface area contributed by atoms with Crippen molar-refractivity contribution in [2.75, 3.05) is 22.1 Å². The van der Waals surface area contributed by atoms with Gasteiger partial charge in [0.1, 0.15) is 6.04 Å². The van der Waals surface area contributed by atoms with Crippen molar-refractivity contribution in [3.8, 4) is 0 Å². The van der Waals surface area contributed by atoms with E-state index in [1.54, 1.807) is 36.1 Å². The summed E-state index contributed by atoms with van der Waals surface area (Å²) in [5, 5.41) is 5.28. The fourth-order valence-corrected chi connectivity index (χ4v) is 3.05. The highest BCUT2D eigenvalue weighted by atomic mass is 19.4. The number of anilines is 3. The summed E-state index contributed by atoms with van der Waals surface area (Å²) < 4.78 is 39.1. The molecule has 1 fully saturated rings. The Kier molecular flexibility index (Phi) is 5.58. The lowest BCUT2D eigenvalue weighted by molar-refractivity contribution is -0.137. The van der Waals surface area contributed by atoms with Gasteiger partial charge in [0.25, 0.3) is 0 Å². The standard InChI is InChI=1S/C20H20F3N3O2/c1-13(19(28)25-17-6-3-2-5-16(17)20(21,22)23)24-14-8-10-15(11-9-14)26-12-4-7-18(26)27/h2-3,5-6,8-11,13,24H,4,7,12H2,1H3,(H,25,28)/t13-/m0/s1. The zero-order valence-corrected chi connectivity index (χ0v) is 15.2. The van der Waals surface area contributed by atoms with E-state index in [0.717, 1.165) is 18.2 Å². The zero-order valence-electron chi connectivity index (χ0n) is 15.2. The number of alkyl halides is 3. The van der Waals surface area contributed by atoms with E-state index in [0.29, 0.717) is 18.7 Å². The molecular formula is C20H20F3N3O2. The molecule has 1 saturated heterocycles. The maximum atomic E-state index is 13.0. The molecule has 8 heteroatoms. The fraction of sp³-hybridized carbons (Fsp3) is 0.300. The van der Waals surface area contributed by atoms with Crippen LogP contribution in [0.3, 0.4) is 0 Å². The van der Waals surface area contributed by atoms with E-state index in [1.165, 1.54) is 18.2 Å². The second-order valence-corrected chi connectivity index (χ2v) is 6.59. The van der Waals surface area contributed by atoms with Gasteiger partial charge in [-0.05, 0) is 49.7 Å². The Balaban J connectivity index is 1.64. The minimum Gasteiger partial charge on any atom is -0.374 e. The Morgan fingerprint density at radius 1 is 1.11 bits per heavy atom. The predicted octanol–water partition coefficient (Wildman–Crippen LogP) is 4.27. The smallest absolute Gasteiger partial charge is 0.374 e. The number of para-hydroxylation sites is 1. The SMILES string of the molecule is C[C@H](Nc1ccc(N2CCCC2=O)cc1)C(=O)Nc1ccccc1C(F)(F)F. The maximum Gasteiger partial charge on any atom is 0.418 e. The van der Waals surface area contributed by atoms with E-state index >= 15 is 0 Å². The van der Waals surface area contributed by atoms with E-state index in [2.05, 4.69) is 10.6 Å². The minimum absolute atomic E-state index is 0.0804. The largest absolute Gasteiger partial charge is 0.418 e. The van der Waals surface area contributed by atoms with Crippen molar-refractivity contribution in [1.82, 2.24) is 0 Å². The minimum atomic E-state index is -4.55. The first kappa shape index (κ1) is 19.7. The summed E-state index contributed by atoms with van der Waals surface area (Å²) in [6.07, 6.45) is -3.19. The third kappa shape index (κ3) is 4.44. The van der Waals surface area contributed by atoms with E-state index in [-0.39, 0.29) is 11.6 Å². The van der Waals surface area contributed by atoms with Crippen LogP contribution >= 0.6 is 0 Å². The number of hydrogen-bond donors (Lipinski definition) is 2. The summed E-state index contributed by atoms with van der Waals surface area (Å²) in [6.45, 7) is 2.24. The number of amides is 2. The second-order valence-electron chi connectivity index (χ2n) is 6.59. The molecule has 3 rings (SSSR count). The summed E-state index contributed by atoms with van der Waals surface area (Å²) in [5.41, 5.74) is 0.234. The molecule has 2 aromatic carbocycles. The molecule has 1 aliphatic rings. The highest BCUT2D eigenvalue weighted by Gasteiger charge is 2.33. The molecule has 148 valence electrons. The molecule has 0 spiro atoms. The van der Waals surface area contributed by atoms with Gasteiger partial charge in [-0.25, -0.2) is 0 Å². The highest BCUT2D eigenvalue weighted by molar-refractivity contribution is 5.97. The van der Waals surface area contributed by atoms with Crippen LogP contribution in [-0.4, -0.2) is 24.4 Å². The summed E-state index contributed by atoms with van der Waals surface area (Å²) in [4.78, 5) is 25.8. The number of halogens is 3. The molecule has 2 N–H and O–H groups in total. The summed E-state index contributed by atoms with van der Waals surface area (Å²) >= 11 is 0. The Hall–Kier alpha value is -3.03. The third-order valence-corrected chi connectivity index (χ3v) is 4.52. The molecule has 1 atom stereocenters. The number of rotatable bonds is 5. The molecule has 0 aliphatic carbocycles. The van der Waals surface area contributed by atoms with Crippen molar-refractivity contribution in [2.45, 2.75) is 32.0 Å². The summed E-state index contributed by atoms with van der Waals surface area (Å²) in [7, 11) is 0. The van der Waals surface area contributed by atoms with Gasteiger partial charge < -0.3 is 15.5 Å². The van der Waals surface area contributed by atoms with Crippen LogP contribution in [0.2, 0.25) is 0 Å². The predicted molar refractivity (Wildman–Crippen MR) is 101 cm³/mol. The van der Waals surface area contributed by atoms with Crippen LogP contribution in [-0.2, 0) is 15.8 Å². The molecular weight excluding hydrogens is 371 g/mol. The van der Waals surface area contributed by atoms with Crippen molar-refractivity contribution in [1.29, 1.82) is 0 Å². The molecule has 28 heavy (non-hydrogen) atoms. The molecule has 0 bridgehead atoms. The molecule has 5 nitrogen and oxygen atoms in total. The van der Waals surface area contributed by atoms with Crippen molar-refractivity contribution in [3.05, 3.63) is 54.1 Å². The van der Waals surface area contributed by atoms with Gasteiger partial charge in [-0.3, -0.25) is 9.59 Å². The number of hydrogen-bond acceptors (Lipinski definition) is 3. The van der Waals surface area contributed by atoms with Crippen LogP contribution in [0.1, 0.15) is 25.3 Å². The molecule has 0 saturated carbocycles. The third-order valence-electron chi connectivity index (χ3n) is 4.52. The molecule has 2 amide bonds. The normalized spacial score (nSPS) is 15.4. The lowest BCUT2D eigenvalue weighted by atomic mass is 10.1. The lowest BCUT2D eigenvalue weighted by Gasteiger charge is -2.19. The van der Waals surface area contributed by atoms with Gasteiger partial charge in [0.15, 0.2) is 0 Å². The lowest BCUT2D eigenvalue weighted by Crippen LogP contribution is -2.32. The van der Waals surface area contributed by atoms with E-state index in [4.69, 9.17) is 0 Å². The Labute approximate surface area is 160 Å². The number of benzene rings is 2. The van der Waals surface area contributed by atoms with Crippen LogP contribution in [0.4, 0.5) is 30.2 Å². The van der Waals surface area contributed by atoms with Crippen molar-refractivity contribution < 1.29 is 22.8 Å². The molecule has 0 aromatic heterocycles. The Morgan fingerprint density at radius 3 is 2.39 bits per heavy atom. The molecule has 0 radical (unpaired) electrons. The van der Waals surface area contributed by atoms with E-state index in [9.17, 15) is 22.8 Å². The van der Waals surface area contributed by atoms with Gasteiger partial charge in [-0.15, -0.1) is 0 Å². The number of nitrogens with one attached hydrogen (secondary N) is 2. The van der Waals surface area contributed by atoms with Crippen LogP contribution in [0.25, 0.3) is 0 Å². The summed E-state index contributed by atoms with van der Waals surface area (Å²) in [6, 6.07) is 11.1. The number of carbonyl (C=O) groups excluding carboxylic acids is 2. The second kappa shape index (κ2) is 7.92. The quantitative estimate of drug-likeness (QED) is 0.800. The topological polar surface area (TPSA) is 61.4 Å². The van der Waals surface area contributed by atoms with Crippen LogP contribution in [0, 0.1) is 0 Å². The van der Waals surface area contributed by atoms with Crippen LogP contribution in [0.15, 0.2) is 48.5 Å². The fourth-order valence-electron chi connectivity index (χ4n) is 3.05. The average Bonchev–Trinajstić information content (AvgIpc) is 3.08. The average molecular weight is 391 g/mol. The number of carbonyl (C=O) groups is 2. The molecule has 2 aromatic rings. The van der Waals surface area contributed by atoms with Gasteiger partial charge >= 0.3 is 6.18 Å². The number of nitrogens with zero attached hydrogens (tertiary/aromatic N) is 1. The maximum absolute atomic E-state index is 13.0. The van der Waals surface area contributed by atoms with Crippen LogP contribution in [0.5, 0.6) is 0 Å². The molecule has 0 unspecified atom stereocenters. The van der Waals surface area contributed by atoms with E-state index in [1.807, 2.05) is 0 Å². The van der Waals surface area contributed by atoms with Gasteiger partial charge in [0.05, 0.1) is 11.3 Å². The van der Waals surface area contributed by atoms with E-state index < -0.39 is 23.7 Å². The first-order valence-corrected chi connectivity index (χ1v) is 8.90.